The zero-order chi connectivity index (χ0) is 15.2. The van der Waals surface area contributed by atoms with Crippen LogP contribution in [0.3, 0.4) is 0 Å². The van der Waals surface area contributed by atoms with Crippen LogP contribution in [0, 0.1) is 0 Å². The number of H-pyrrole nitrogens is 1. The maximum Gasteiger partial charge on any atom is 0.264 e. The molecule has 0 saturated heterocycles. The third kappa shape index (κ3) is 2.59. The summed E-state index contributed by atoms with van der Waals surface area (Å²) in [6.07, 6.45) is 0. The van der Waals surface area contributed by atoms with Crippen LogP contribution in [-0.2, 0) is 9.05 Å². The lowest BCUT2D eigenvalue weighted by Gasteiger charge is -1.99. The molecule has 3 rings (SSSR count). The molecule has 0 radical (unpaired) electrons. The largest absolute Gasteiger partial charge is 0.354 e. The van der Waals surface area contributed by atoms with Gasteiger partial charge in [0.2, 0.25) is 0 Å². The van der Waals surface area contributed by atoms with Gasteiger partial charge in [0.05, 0.1) is 14.8 Å². The van der Waals surface area contributed by atoms with Crippen LogP contribution in [0.5, 0.6) is 0 Å². The Hall–Kier alpha value is -1.71. The Bertz CT molecular complexity index is 991. The monoisotopic (exact) mass is 389 g/mol. The van der Waals surface area contributed by atoms with Gasteiger partial charge in [0.15, 0.2) is 5.58 Å². The predicted octanol–water partition coefficient (Wildman–Crippen LogP) is 2.27. The number of fused-ring (bicyclic) bond motifs is 1. The Morgan fingerprint density at radius 2 is 2.05 bits per heavy atom. The molecule has 0 atom stereocenters. The minimum atomic E-state index is -3.91. The molecule has 1 N–H and O–H groups in total. The number of hydrogen-bond acceptors (Lipinski definition) is 6. The second-order valence-electron chi connectivity index (χ2n) is 4.06. The predicted molar refractivity (Wildman–Crippen MR) is 78.6 cm³/mol. The Kier molecular flexibility index (Phi) is 3.34. The van der Waals surface area contributed by atoms with Crippen LogP contribution in [0.1, 0.15) is 0 Å². The van der Waals surface area contributed by atoms with E-state index in [0.29, 0.717) is 26.8 Å². The second kappa shape index (κ2) is 4.93. The molecule has 108 valence electrons. The third-order valence-electron chi connectivity index (χ3n) is 2.70. The molecule has 10 heteroatoms. The molecule has 0 fully saturated rings. The molecular formula is C11H5BrClN3O4S. The van der Waals surface area contributed by atoms with Gasteiger partial charge in [0.25, 0.3) is 14.6 Å². The Labute approximate surface area is 130 Å². The van der Waals surface area contributed by atoms with E-state index in [2.05, 4.69) is 31.3 Å². The summed E-state index contributed by atoms with van der Waals surface area (Å²) < 4.78 is 28.5. The van der Waals surface area contributed by atoms with E-state index in [1.54, 1.807) is 0 Å². The zero-order valence-electron chi connectivity index (χ0n) is 10.0. The van der Waals surface area contributed by atoms with E-state index in [1.807, 2.05) is 0 Å². The molecule has 0 saturated carbocycles. The maximum absolute atomic E-state index is 11.5. The van der Waals surface area contributed by atoms with Crippen molar-refractivity contribution >= 4 is 46.6 Å². The van der Waals surface area contributed by atoms with Crippen molar-refractivity contribution in [3.63, 3.8) is 0 Å². The summed E-state index contributed by atoms with van der Waals surface area (Å²) in [6.45, 7) is 0. The number of nitrogens with one attached hydrogen (secondary N) is 1. The van der Waals surface area contributed by atoms with Crippen molar-refractivity contribution in [3.8, 4) is 11.4 Å². The van der Waals surface area contributed by atoms with Crippen molar-refractivity contribution in [2.24, 2.45) is 0 Å². The molecule has 0 unspecified atom stereocenters. The Morgan fingerprint density at radius 3 is 2.67 bits per heavy atom. The maximum atomic E-state index is 11.5. The topological polar surface area (TPSA) is 106 Å². The van der Waals surface area contributed by atoms with Crippen molar-refractivity contribution in [2.75, 3.05) is 0 Å². The number of hydrogen-bond donors (Lipinski definition) is 1. The average molecular weight is 391 g/mol. The normalized spacial score (nSPS) is 11.9. The van der Waals surface area contributed by atoms with Gasteiger partial charge >= 0.3 is 0 Å². The molecule has 3 aromatic rings. The summed E-state index contributed by atoms with van der Waals surface area (Å²) in [5.41, 5.74) is 0.618. The first-order valence-electron chi connectivity index (χ1n) is 5.46. The van der Waals surface area contributed by atoms with Crippen LogP contribution in [0.15, 0.2) is 43.0 Å². The molecule has 2 aromatic heterocycles. The smallest absolute Gasteiger partial charge is 0.264 e. The molecule has 0 aliphatic carbocycles. The van der Waals surface area contributed by atoms with Crippen LogP contribution in [0.4, 0.5) is 0 Å². The van der Waals surface area contributed by atoms with Gasteiger partial charge in [-0.15, -0.1) is 0 Å². The molecule has 0 amide bonds. The number of rotatable bonds is 2. The molecule has 2 heterocycles. The number of aromatic nitrogens is 3. The summed E-state index contributed by atoms with van der Waals surface area (Å²) in [5.74, 6) is 0. The van der Waals surface area contributed by atoms with Crippen molar-refractivity contribution in [1.29, 1.82) is 0 Å². The lowest BCUT2D eigenvalue weighted by Crippen LogP contribution is -2.05. The molecule has 0 aliphatic heterocycles. The van der Waals surface area contributed by atoms with Gasteiger partial charge in [-0.05, 0) is 34.1 Å². The lowest BCUT2D eigenvalue weighted by atomic mass is 10.1. The summed E-state index contributed by atoms with van der Waals surface area (Å²) in [7, 11) is 1.45. The van der Waals surface area contributed by atoms with E-state index in [9.17, 15) is 13.2 Å². The summed E-state index contributed by atoms with van der Waals surface area (Å²) in [6, 6.07) is 5.38. The van der Waals surface area contributed by atoms with Gasteiger partial charge in [-0.2, -0.15) is 5.10 Å². The van der Waals surface area contributed by atoms with Crippen molar-refractivity contribution in [1.82, 2.24) is 15.4 Å². The van der Waals surface area contributed by atoms with Crippen LogP contribution < -0.4 is 5.56 Å². The third-order valence-corrected chi connectivity index (χ3v) is 4.63. The summed E-state index contributed by atoms with van der Waals surface area (Å²) >= 11 is 3.20. The fourth-order valence-corrected chi connectivity index (χ4v) is 3.25. The van der Waals surface area contributed by atoms with E-state index in [-0.39, 0.29) is 10.5 Å². The molecular weight excluding hydrogens is 386 g/mol. The first kappa shape index (κ1) is 14.2. The average Bonchev–Trinajstić information content (AvgIpc) is 2.83. The fraction of sp³-hybridized carbons (Fsp3) is 0. The summed E-state index contributed by atoms with van der Waals surface area (Å²) in [4.78, 5) is 10.9. The molecule has 21 heavy (non-hydrogen) atoms. The van der Waals surface area contributed by atoms with Crippen molar-refractivity contribution in [2.45, 2.75) is 4.90 Å². The quantitative estimate of drug-likeness (QED) is 0.673. The van der Waals surface area contributed by atoms with Crippen LogP contribution in [0.2, 0.25) is 0 Å². The molecule has 0 aliphatic rings. The number of aromatic amines is 1. The number of halogens is 2. The number of nitrogens with zero attached hydrogens (tertiary/aromatic N) is 2. The summed E-state index contributed by atoms with van der Waals surface area (Å²) in [5, 5.41) is 10.4. The van der Waals surface area contributed by atoms with Crippen molar-refractivity contribution in [3.05, 3.63) is 39.1 Å². The molecule has 0 spiro atoms. The first-order chi connectivity index (χ1) is 9.86. The number of benzene rings is 1. The highest BCUT2D eigenvalue weighted by Crippen LogP contribution is 2.34. The highest BCUT2D eigenvalue weighted by Gasteiger charge is 2.19. The standard InChI is InChI=1S/C11H5BrClN3O4S/c12-7-4-5(21(13,18)19)3-6-10(16-20-11(6)7)8-1-2-9(17)15-14-8/h1-4H,(H,15,17). The Balaban J connectivity index is 2.32. The zero-order valence-corrected chi connectivity index (χ0v) is 13.2. The van der Waals surface area contributed by atoms with Gasteiger partial charge in [-0.3, -0.25) is 4.79 Å². The van der Waals surface area contributed by atoms with Gasteiger partial charge in [0.1, 0.15) is 11.4 Å². The SMILES string of the molecule is O=c1ccc(-c2noc3c(Br)cc(S(=O)(=O)Cl)cc23)n[nH]1. The first-order valence-corrected chi connectivity index (χ1v) is 8.56. The minimum absolute atomic E-state index is 0.0996. The minimum Gasteiger partial charge on any atom is -0.354 e. The fourth-order valence-electron chi connectivity index (χ4n) is 1.78. The van der Waals surface area contributed by atoms with E-state index in [0.717, 1.165) is 0 Å². The van der Waals surface area contributed by atoms with Gasteiger partial charge in [0, 0.05) is 16.7 Å². The molecule has 0 bridgehead atoms. The van der Waals surface area contributed by atoms with Gasteiger partial charge in [-0.25, -0.2) is 13.5 Å². The Morgan fingerprint density at radius 1 is 1.29 bits per heavy atom. The molecule has 1 aromatic carbocycles. The van der Waals surface area contributed by atoms with Gasteiger partial charge in [-0.1, -0.05) is 5.16 Å². The highest BCUT2D eigenvalue weighted by atomic mass is 79.9. The van der Waals surface area contributed by atoms with Crippen LogP contribution >= 0.6 is 26.6 Å². The van der Waals surface area contributed by atoms with Crippen LogP contribution in [-0.4, -0.2) is 23.8 Å². The van der Waals surface area contributed by atoms with E-state index in [4.69, 9.17) is 15.2 Å². The van der Waals surface area contributed by atoms with Crippen LogP contribution in [0.25, 0.3) is 22.4 Å². The van der Waals surface area contributed by atoms with Gasteiger partial charge < -0.3 is 4.52 Å². The van der Waals surface area contributed by atoms with E-state index >= 15 is 0 Å². The highest BCUT2D eigenvalue weighted by molar-refractivity contribution is 9.10. The second-order valence-corrected chi connectivity index (χ2v) is 7.48. The molecule has 7 nitrogen and oxygen atoms in total. The van der Waals surface area contributed by atoms with E-state index in [1.165, 1.54) is 24.3 Å². The lowest BCUT2D eigenvalue weighted by molar-refractivity contribution is 0.457. The van der Waals surface area contributed by atoms with Crippen molar-refractivity contribution < 1.29 is 12.9 Å². The van der Waals surface area contributed by atoms with E-state index < -0.39 is 9.05 Å².